The van der Waals surface area contributed by atoms with Crippen molar-refractivity contribution < 1.29 is 9.53 Å². The van der Waals surface area contributed by atoms with Crippen LogP contribution in [0.15, 0.2) is 18.2 Å². The second-order valence-electron chi connectivity index (χ2n) is 7.03. The van der Waals surface area contributed by atoms with Crippen LogP contribution in [0.5, 0.6) is 0 Å². The number of esters is 1. The lowest BCUT2D eigenvalue weighted by molar-refractivity contribution is 0.0526. The molecule has 1 aromatic carbocycles. The molecule has 2 rings (SSSR count). The Hall–Kier alpha value is -1.66. The van der Waals surface area contributed by atoms with Gasteiger partial charge in [-0.05, 0) is 82.0 Å². The highest BCUT2D eigenvalue weighted by atomic mass is 32.1. The van der Waals surface area contributed by atoms with Crippen molar-refractivity contribution in [3.63, 3.8) is 0 Å². The zero-order valence-electron chi connectivity index (χ0n) is 16.1. The molecular formula is C20H31N3O2S. The van der Waals surface area contributed by atoms with Crippen LogP contribution in [0.3, 0.4) is 0 Å². The van der Waals surface area contributed by atoms with E-state index in [0.29, 0.717) is 17.3 Å². The quantitative estimate of drug-likeness (QED) is 0.430. The number of likely N-dealkylation sites (tertiary alicyclic amines) is 1. The molecule has 0 amide bonds. The molecule has 1 saturated heterocycles. The lowest BCUT2D eigenvalue weighted by Crippen LogP contribution is -2.37. The molecule has 1 heterocycles. The molecule has 5 nitrogen and oxygen atoms in total. The third kappa shape index (κ3) is 6.57. The second-order valence-corrected chi connectivity index (χ2v) is 7.44. The zero-order valence-corrected chi connectivity index (χ0v) is 17.0. The number of nitrogens with one attached hydrogen (secondary N) is 2. The van der Waals surface area contributed by atoms with Gasteiger partial charge < -0.3 is 20.3 Å². The van der Waals surface area contributed by atoms with Gasteiger partial charge in [-0.3, -0.25) is 0 Å². The molecule has 1 aliphatic heterocycles. The van der Waals surface area contributed by atoms with E-state index in [1.54, 1.807) is 19.1 Å². The Morgan fingerprint density at radius 1 is 1.42 bits per heavy atom. The van der Waals surface area contributed by atoms with Gasteiger partial charge in [0.05, 0.1) is 12.2 Å². The van der Waals surface area contributed by atoms with Crippen LogP contribution in [-0.2, 0) is 4.74 Å². The number of anilines is 1. The minimum absolute atomic E-state index is 0.315. The predicted molar refractivity (Wildman–Crippen MR) is 111 cm³/mol. The molecule has 1 unspecified atom stereocenters. The van der Waals surface area contributed by atoms with Crippen molar-refractivity contribution in [3.05, 3.63) is 29.3 Å². The lowest BCUT2D eigenvalue weighted by Gasteiger charge is -2.30. The molecule has 1 aromatic rings. The highest BCUT2D eigenvalue weighted by Gasteiger charge is 2.15. The Balaban J connectivity index is 1.76. The molecule has 0 aliphatic carbocycles. The van der Waals surface area contributed by atoms with Crippen LogP contribution >= 0.6 is 12.2 Å². The molecule has 26 heavy (non-hydrogen) atoms. The fourth-order valence-corrected chi connectivity index (χ4v) is 3.47. The summed E-state index contributed by atoms with van der Waals surface area (Å²) in [5, 5.41) is 7.04. The minimum atomic E-state index is -0.315. The average Bonchev–Trinajstić information content (AvgIpc) is 2.61. The normalized spacial score (nSPS) is 17.6. The van der Waals surface area contributed by atoms with Crippen molar-refractivity contribution in [2.75, 3.05) is 38.1 Å². The van der Waals surface area contributed by atoms with Crippen molar-refractivity contribution in [1.29, 1.82) is 0 Å². The number of benzene rings is 1. The molecule has 0 spiro atoms. The van der Waals surface area contributed by atoms with Crippen molar-refractivity contribution in [2.45, 2.75) is 40.0 Å². The van der Waals surface area contributed by atoms with Gasteiger partial charge in [-0.15, -0.1) is 0 Å². The number of thiocarbonyl (C=S) groups is 1. The first-order valence-corrected chi connectivity index (χ1v) is 9.95. The Kier molecular flexibility index (Phi) is 8.32. The number of carbonyl (C=O) groups excluding carboxylic acids is 1. The fourth-order valence-electron chi connectivity index (χ4n) is 3.26. The van der Waals surface area contributed by atoms with Crippen LogP contribution in [0.1, 0.15) is 49.0 Å². The van der Waals surface area contributed by atoms with E-state index in [0.717, 1.165) is 36.7 Å². The van der Waals surface area contributed by atoms with Gasteiger partial charge in [0.25, 0.3) is 0 Å². The number of carbonyl (C=O) groups is 1. The van der Waals surface area contributed by atoms with E-state index in [4.69, 9.17) is 17.0 Å². The molecule has 6 heteroatoms. The second kappa shape index (κ2) is 10.5. The Morgan fingerprint density at radius 2 is 2.23 bits per heavy atom. The molecule has 1 fully saturated rings. The monoisotopic (exact) mass is 377 g/mol. The molecule has 144 valence electrons. The highest BCUT2D eigenvalue weighted by Crippen LogP contribution is 2.18. The summed E-state index contributed by atoms with van der Waals surface area (Å²) in [5.41, 5.74) is 2.39. The maximum atomic E-state index is 11.9. The van der Waals surface area contributed by atoms with Gasteiger partial charge in [-0.1, -0.05) is 13.0 Å². The van der Waals surface area contributed by atoms with Crippen LogP contribution in [0.2, 0.25) is 0 Å². The molecule has 2 N–H and O–H groups in total. The molecule has 1 aliphatic rings. The van der Waals surface area contributed by atoms with E-state index in [1.807, 2.05) is 13.0 Å². The summed E-state index contributed by atoms with van der Waals surface area (Å²) in [6.45, 7) is 10.9. The van der Waals surface area contributed by atoms with Gasteiger partial charge in [0.15, 0.2) is 5.11 Å². The number of ether oxygens (including phenoxy) is 1. The van der Waals surface area contributed by atoms with E-state index in [1.165, 1.54) is 25.9 Å². The van der Waals surface area contributed by atoms with E-state index in [2.05, 4.69) is 22.5 Å². The maximum Gasteiger partial charge on any atom is 0.338 e. The number of piperidine rings is 1. The number of rotatable bonds is 7. The SMILES string of the molecule is CCOC(=O)c1ccc(C)c(NC(=S)NCCCN2CCCC(C)C2)c1. The number of aryl methyl sites for hydroxylation is 1. The largest absolute Gasteiger partial charge is 0.462 e. The first-order chi connectivity index (χ1) is 12.5. The summed E-state index contributed by atoms with van der Waals surface area (Å²) < 4.78 is 5.05. The van der Waals surface area contributed by atoms with Crippen LogP contribution in [-0.4, -0.2) is 48.8 Å². The van der Waals surface area contributed by atoms with Gasteiger partial charge in [-0.25, -0.2) is 4.79 Å². The molecule has 0 aromatic heterocycles. The molecule has 0 saturated carbocycles. The summed E-state index contributed by atoms with van der Waals surface area (Å²) in [6.07, 6.45) is 3.73. The van der Waals surface area contributed by atoms with Crippen LogP contribution in [0, 0.1) is 12.8 Å². The Bertz CT molecular complexity index is 621. The van der Waals surface area contributed by atoms with E-state index >= 15 is 0 Å². The summed E-state index contributed by atoms with van der Waals surface area (Å²) in [7, 11) is 0. The lowest BCUT2D eigenvalue weighted by atomic mass is 10.0. The fraction of sp³-hybridized carbons (Fsp3) is 0.600. The average molecular weight is 378 g/mol. The van der Waals surface area contributed by atoms with Gasteiger partial charge in [0.2, 0.25) is 0 Å². The predicted octanol–water partition coefficient (Wildman–Crippen LogP) is 3.58. The first-order valence-electron chi connectivity index (χ1n) is 9.54. The molecule has 0 bridgehead atoms. The molecule has 1 atom stereocenters. The van der Waals surface area contributed by atoms with Crippen molar-refractivity contribution in [2.24, 2.45) is 5.92 Å². The summed E-state index contributed by atoms with van der Waals surface area (Å²) in [5.74, 6) is 0.499. The minimum Gasteiger partial charge on any atom is -0.462 e. The van der Waals surface area contributed by atoms with Gasteiger partial charge in [-0.2, -0.15) is 0 Å². The number of nitrogens with zero attached hydrogens (tertiary/aromatic N) is 1. The number of hydrogen-bond acceptors (Lipinski definition) is 4. The summed E-state index contributed by atoms with van der Waals surface area (Å²) in [4.78, 5) is 14.4. The summed E-state index contributed by atoms with van der Waals surface area (Å²) >= 11 is 5.39. The smallest absolute Gasteiger partial charge is 0.338 e. The van der Waals surface area contributed by atoms with Crippen LogP contribution in [0.25, 0.3) is 0 Å². The third-order valence-corrected chi connectivity index (χ3v) is 4.92. The molecular weight excluding hydrogens is 346 g/mol. The van der Waals surface area contributed by atoms with E-state index in [-0.39, 0.29) is 5.97 Å². The summed E-state index contributed by atoms with van der Waals surface area (Å²) in [6, 6.07) is 5.46. The topological polar surface area (TPSA) is 53.6 Å². The number of hydrogen-bond donors (Lipinski definition) is 2. The van der Waals surface area contributed by atoms with Crippen molar-refractivity contribution in [1.82, 2.24) is 10.2 Å². The molecule has 0 radical (unpaired) electrons. The van der Waals surface area contributed by atoms with Crippen molar-refractivity contribution in [3.8, 4) is 0 Å². The van der Waals surface area contributed by atoms with E-state index < -0.39 is 0 Å². The zero-order chi connectivity index (χ0) is 18.9. The van der Waals surface area contributed by atoms with E-state index in [9.17, 15) is 4.79 Å². The van der Waals surface area contributed by atoms with Gasteiger partial charge in [0.1, 0.15) is 0 Å². The van der Waals surface area contributed by atoms with Gasteiger partial charge >= 0.3 is 5.97 Å². The van der Waals surface area contributed by atoms with Crippen LogP contribution < -0.4 is 10.6 Å². The standard InChI is InChI=1S/C20H31N3O2S/c1-4-25-19(24)17-9-8-16(3)18(13-17)22-20(26)21-10-6-12-23-11-5-7-15(2)14-23/h8-9,13,15H,4-7,10-12,14H2,1-3H3,(H2,21,22,26). The third-order valence-electron chi connectivity index (χ3n) is 4.67. The van der Waals surface area contributed by atoms with Crippen LogP contribution in [0.4, 0.5) is 5.69 Å². The Labute approximate surface area is 162 Å². The first kappa shape index (κ1) is 20.6. The van der Waals surface area contributed by atoms with Crippen molar-refractivity contribution >= 4 is 29.0 Å². The maximum absolute atomic E-state index is 11.9. The Morgan fingerprint density at radius 3 is 2.96 bits per heavy atom. The van der Waals surface area contributed by atoms with Gasteiger partial charge in [0, 0.05) is 18.8 Å². The highest BCUT2D eigenvalue weighted by molar-refractivity contribution is 7.80.